The number of hydrogen-bond donors (Lipinski definition) is 5. The minimum atomic E-state index is -3.02. The van der Waals surface area contributed by atoms with Crippen LogP contribution in [-0.2, 0) is 25.6 Å². The summed E-state index contributed by atoms with van der Waals surface area (Å²) in [7, 11) is 4.97. The number of piperidine rings is 1. The Morgan fingerprint density at radius 2 is 1.82 bits per heavy atom. The van der Waals surface area contributed by atoms with Crippen molar-refractivity contribution in [1.29, 1.82) is 0 Å². The molecule has 12 nitrogen and oxygen atoms in total. The van der Waals surface area contributed by atoms with Crippen molar-refractivity contribution in [3.8, 4) is 5.75 Å². The van der Waals surface area contributed by atoms with Gasteiger partial charge in [-0.2, -0.15) is 0 Å². The molecule has 1 aromatic carbocycles. The number of allylic oxidation sites excluding steroid dienone is 4. The summed E-state index contributed by atoms with van der Waals surface area (Å²) < 4.78 is 0. The van der Waals surface area contributed by atoms with Gasteiger partial charge in [0.15, 0.2) is 34.7 Å². The number of nitrogens with one attached hydrogen (secondary N) is 1. The van der Waals surface area contributed by atoms with Gasteiger partial charge in [-0.25, -0.2) is 0 Å². The Bertz CT molecular complexity index is 1540. The summed E-state index contributed by atoms with van der Waals surface area (Å²) in [6.07, 6.45) is 6.47. The molecular weight excluding hydrogens is 568 g/mol. The fourth-order valence-corrected chi connectivity index (χ4v) is 8.08. The molecule has 1 saturated heterocycles. The molecule has 1 aromatic rings. The third-order valence-corrected chi connectivity index (χ3v) is 10.3. The molecule has 1 amide bonds. The molecule has 1 heterocycles. The molecule has 0 spiro atoms. The monoisotopic (exact) mass is 606 g/mol. The van der Waals surface area contributed by atoms with E-state index < -0.39 is 70.5 Å². The quantitative estimate of drug-likeness (QED) is 0.218. The highest BCUT2D eigenvalue weighted by molar-refractivity contribution is 6.32. The van der Waals surface area contributed by atoms with E-state index in [0.717, 1.165) is 31.5 Å². The molecule has 1 aliphatic heterocycles. The summed E-state index contributed by atoms with van der Waals surface area (Å²) in [5.74, 6) is -12.6. The zero-order chi connectivity index (χ0) is 31.8. The zero-order valence-corrected chi connectivity index (χ0v) is 24.9. The van der Waals surface area contributed by atoms with Crippen molar-refractivity contribution in [2.45, 2.75) is 49.5 Å². The molecule has 44 heavy (non-hydrogen) atoms. The molecule has 6 rings (SSSR count). The first-order valence-electron chi connectivity index (χ1n) is 15.0. The highest BCUT2D eigenvalue weighted by Crippen LogP contribution is 2.52. The Morgan fingerprint density at radius 1 is 1.14 bits per heavy atom. The van der Waals surface area contributed by atoms with Crippen molar-refractivity contribution in [1.82, 2.24) is 9.80 Å². The van der Waals surface area contributed by atoms with Gasteiger partial charge in [-0.15, -0.1) is 0 Å². The van der Waals surface area contributed by atoms with Crippen molar-refractivity contribution in [2.75, 3.05) is 39.5 Å². The fourth-order valence-electron chi connectivity index (χ4n) is 8.08. The molecule has 6 N–H and O–H groups in total. The first kappa shape index (κ1) is 30.3. The van der Waals surface area contributed by atoms with Gasteiger partial charge in [0.1, 0.15) is 5.75 Å². The van der Waals surface area contributed by atoms with Crippen molar-refractivity contribution in [3.63, 3.8) is 0 Å². The number of likely N-dealkylation sites (N-methyl/N-ethyl adjacent to an activating group) is 1. The van der Waals surface area contributed by atoms with Gasteiger partial charge in [0.25, 0.3) is 0 Å². The number of aromatic hydroxyl groups is 1. The Labute approximate surface area is 254 Å². The molecule has 2 unspecified atom stereocenters. The van der Waals surface area contributed by atoms with Crippen LogP contribution in [0.4, 0.5) is 5.69 Å². The van der Waals surface area contributed by atoms with E-state index in [1.165, 1.54) is 19.0 Å². The van der Waals surface area contributed by atoms with E-state index in [1.54, 1.807) is 6.07 Å². The second kappa shape index (κ2) is 10.7. The predicted molar refractivity (Wildman–Crippen MR) is 159 cm³/mol. The summed E-state index contributed by atoms with van der Waals surface area (Å²) in [4.78, 5) is 71.3. The van der Waals surface area contributed by atoms with E-state index in [1.807, 2.05) is 25.3 Å². The Kier molecular flexibility index (Phi) is 7.39. The van der Waals surface area contributed by atoms with Crippen LogP contribution in [0.3, 0.4) is 0 Å². The van der Waals surface area contributed by atoms with Crippen LogP contribution in [-0.4, -0.2) is 112 Å². The minimum Gasteiger partial charge on any atom is -0.505 e. The number of carbonyl (C=O) groups excluding carboxylic acids is 5. The molecule has 0 radical (unpaired) electrons. The average molecular weight is 607 g/mol. The fraction of sp³-hybridized carbons (Fsp3) is 0.531. The van der Waals surface area contributed by atoms with Gasteiger partial charge in [0.05, 0.1) is 35.2 Å². The van der Waals surface area contributed by atoms with Gasteiger partial charge in [0, 0.05) is 12.0 Å². The number of anilines is 1. The highest BCUT2D eigenvalue weighted by Gasteiger charge is 2.72. The number of carbonyl (C=O) groups is 5. The van der Waals surface area contributed by atoms with Gasteiger partial charge >= 0.3 is 0 Å². The van der Waals surface area contributed by atoms with Gasteiger partial charge in [-0.05, 0) is 82.7 Å². The number of Topliss-reactive ketones (excluding diaryl/α,β-unsaturated/α-hetero) is 4. The maximum absolute atomic E-state index is 14.3. The second-order valence-electron chi connectivity index (χ2n) is 13.1. The van der Waals surface area contributed by atoms with Gasteiger partial charge in [0.2, 0.25) is 5.91 Å². The summed E-state index contributed by atoms with van der Waals surface area (Å²) in [5.41, 5.74) is 4.55. The van der Waals surface area contributed by atoms with E-state index in [4.69, 9.17) is 5.73 Å². The largest absolute Gasteiger partial charge is 0.505 e. The van der Waals surface area contributed by atoms with Crippen LogP contribution in [0.5, 0.6) is 5.75 Å². The van der Waals surface area contributed by atoms with E-state index in [0.29, 0.717) is 23.2 Å². The van der Waals surface area contributed by atoms with E-state index in [-0.39, 0.29) is 23.8 Å². The molecule has 3 fully saturated rings. The van der Waals surface area contributed by atoms with Crippen LogP contribution in [0.25, 0.3) is 5.57 Å². The number of aliphatic hydroxyl groups is 2. The number of aliphatic hydroxyl groups excluding tert-OH is 1. The number of hydrogen-bond acceptors (Lipinski definition) is 11. The number of rotatable bonds is 5. The Morgan fingerprint density at radius 3 is 2.41 bits per heavy atom. The molecule has 2 saturated carbocycles. The summed E-state index contributed by atoms with van der Waals surface area (Å²) >= 11 is 0. The van der Waals surface area contributed by atoms with Crippen LogP contribution in [0, 0.1) is 23.7 Å². The molecule has 0 bridgehead atoms. The molecule has 12 heteroatoms. The standard InChI is InChI=1S/C32H38N4O8/c1-35(2)24-23-25(37)18-12-17-16(14-6-4-5-7-14)13-19(34-15-8-10-36(3)11-9-15)26(38)20(17)27(39)21(18)29(41)32(23,44)30(42)22(28(24)40)31(33)43/h4,6-7,13,15,18,21-25,34,37-38,44H,5,8-12H2,1-3H3,(H2,33,43)/t18-,21?,22?,23-,24+,25+,32+/m1/s1. The third-order valence-electron chi connectivity index (χ3n) is 10.3. The normalized spacial score (nSPS) is 34.1. The molecule has 234 valence electrons. The molecule has 0 aromatic heterocycles. The third kappa shape index (κ3) is 4.30. The average Bonchev–Trinajstić information content (AvgIpc) is 3.50. The minimum absolute atomic E-state index is 0.0322. The first-order valence-corrected chi connectivity index (χ1v) is 15.0. The summed E-state index contributed by atoms with van der Waals surface area (Å²) in [6, 6.07) is 0.428. The highest BCUT2D eigenvalue weighted by atomic mass is 16.3. The number of ketones is 4. The van der Waals surface area contributed by atoms with Crippen LogP contribution in [0.2, 0.25) is 0 Å². The number of phenols is 1. The van der Waals surface area contributed by atoms with Crippen LogP contribution >= 0.6 is 0 Å². The van der Waals surface area contributed by atoms with E-state index >= 15 is 0 Å². The lowest BCUT2D eigenvalue weighted by atomic mass is 9.51. The zero-order valence-electron chi connectivity index (χ0n) is 24.9. The number of benzene rings is 1. The van der Waals surface area contributed by atoms with Gasteiger partial charge in [-0.1, -0.05) is 18.2 Å². The maximum atomic E-state index is 14.3. The lowest BCUT2D eigenvalue weighted by Gasteiger charge is -2.54. The van der Waals surface area contributed by atoms with Gasteiger partial charge < -0.3 is 31.3 Å². The Balaban J connectivity index is 1.49. The smallest absolute Gasteiger partial charge is 0.235 e. The van der Waals surface area contributed by atoms with Crippen LogP contribution in [0.15, 0.2) is 24.3 Å². The van der Waals surface area contributed by atoms with Crippen LogP contribution < -0.4 is 11.1 Å². The lowest BCUT2D eigenvalue weighted by Crippen LogP contribution is -2.77. The number of nitrogens with zero attached hydrogens (tertiary/aromatic N) is 2. The number of primary amides is 1. The Hall–Kier alpha value is -3.71. The topological polar surface area (TPSA) is 191 Å². The lowest BCUT2D eigenvalue weighted by molar-refractivity contribution is -0.195. The molecular formula is C32H38N4O8. The van der Waals surface area contributed by atoms with Crippen molar-refractivity contribution < 1.29 is 39.3 Å². The first-order chi connectivity index (χ1) is 20.8. The summed E-state index contributed by atoms with van der Waals surface area (Å²) in [6.45, 7) is 1.71. The van der Waals surface area contributed by atoms with Gasteiger partial charge in [-0.3, -0.25) is 28.9 Å². The number of amides is 1. The number of nitrogens with two attached hydrogens (primary N) is 1. The van der Waals surface area contributed by atoms with Crippen molar-refractivity contribution in [2.24, 2.45) is 29.4 Å². The number of likely N-dealkylation sites (tertiary alicyclic amines) is 1. The van der Waals surface area contributed by atoms with Crippen molar-refractivity contribution >= 4 is 40.3 Å². The SMILES string of the molecule is CN1CCC(Nc2cc(C3=CCC=C3)c3c(c2O)C(=O)C2C(=O)[C@]4(O)C(=O)C(C(N)=O)C(=O)[C@@H](N(C)C)[C@@H]4[C@@H](O)[C@@H]2C3)CC1. The molecule has 4 aliphatic carbocycles. The maximum Gasteiger partial charge on any atom is 0.235 e. The number of fused-ring (bicyclic) bond motifs is 3. The second-order valence-corrected chi connectivity index (χ2v) is 13.1. The summed E-state index contributed by atoms with van der Waals surface area (Å²) in [5, 5.41) is 38.6. The number of phenolic OH excluding ortho intramolecular Hbond substituents is 1. The van der Waals surface area contributed by atoms with E-state index in [2.05, 4.69) is 10.2 Å². The molecule has 5 aliphatic rings. The van der Waals surface area contributed by atoms with Crippen molar-refractivity contribution in [3.05, 3.63) is 41.0 Å². The van der Waals surface area contributed by atoms with E-state index in [9.17, 15) is 39.3 Å². The predicted octanol–water partition coefficient (Wildman–Crippen LogP) is -0.313. The molecule has 7 atom stereocenters. The van der Waals surface area contributed by atoms with Crippen LogP contribution in [0.1, 0.15) is 40.7 Å².